The van der Waals surface area contributed by atoms with E-state index in [4.69, 9.17) is 9.47 Å². The Hall–Kier alpha value is -1.85. The van der Waals surface area contributed by atoms with Gasteiger partial charge in [0.1, 0.15) is 23.9 Å². The highest BCUT2D eigenvalue weighted by atomic mass is 16.6. The van der Waals surface area contributed by atoms with Crippen molar-refractivity contribution in [1.29, 1.82) is 0 Å². The molecule has 3 aliphatic rings. The Bertz CT molecular complexity index is 569. The van der Waals surface area contributed by atoms with Crippen molar-refractivity contribution in [3.05, 3.63) is 42.2 Å². The van der Waals surface area contributed by atoms with Gasteiger partial charge in [0, 0.05) is 24.9 Å². The summed E-state index contributed by atoms with van der Waals surface area (Å²) < 4.78 is 11.1. The fourth-order valence-electron chi connectivity index (χ4n) is 3.49. The maximum Gasteiger partial charge on any atom is 0.342 e. The van der Waals surface area contributed by atoms with Crippen LogP contribution in [0.2, 0.25) is 0 Å². The quantitative estimate of drug-likeness (QED) is 0.380. The molecule has 1 aromatic carbocycles. The lowest BCUT2D eigenvalue weighted by Gasteiger charge is -2.31. The second kappa shape index (κ2) is 4.86. The summed E-state index contributed by atoms with van der Waals surface area (Å²) in [6, 6.07) is 9.65. The van der Waals surface area contributed by atoms with Gasteiger partial charge in [-0.3, -0.25) is 0 Å². The van der Waals surface area contributed by atoms with Gasteiger partial charge in [-0.25, -0.2) is 4.79 Å². The number of benzene rings is 1. The summed E-state index contributed by atoms with van der Waals surface area (Å²) in [4.78, 5) is 12.3. The van der Waals surface area contributed by atoms with Gasteiger partial charge in [0.2, 0.25) is 0 Å². The average molecular weight is 287 g/mol. The van der Waals surface area contributed by atoms with E-state index in [0.717, 1.165) is 19.1 Å². The largest absolute Gasteiger partial charge is 0.515 e. The molecule has 0 spiro atoms. The highest BCUT2D eigenvalue weighted by Gasteiger charge is 2.59. The molecular weight excluding hydrogens is 270 g/mol. The minimum atomic E-state index is -0.468. The van der Waals surface area contributed by atoms with E-state index < -0.39 is 5.97 Å². The molecule has 0 aromatic heterocycles. The first-order valence-corrected chi connectivity index (χ1v) is 7.28. The number of carbonyl (C=O) groups excluding carboxylic acids is 1. The predicted molar refractivity (Wildman–Crippen MR) is 75.5 cm³/mol. The third-order valence-electron chi connectivity index (χ3n) is 4.52. The van der Waals surface area contributed by atoms with Crippen molar-refractivity contribution in [2.75, 3.05) is 0 Å². The number of epoxide rings is 1. The van der Waals surface area contributed by atoms with Crippen LogP contribution in [0.5, 0.6) is 0 Å². The minimum absolute atomic E-state index is 0.108. The number of ether oxygens (including phenoxy) is 2. The number of hydrogen-bond acceptors (Lipinski definition) is 5. The smallest absolute Gasteiger partial charge is 0.342 e. The summed E-state index contributed by atoms with van der Waals surface area (Å²) in [7, 11) is 0. The second-order valence-corrected chi connectivity index (χ2v) is 5.85. The van der Waals surface area contributed by atoms with Crippen LogP contribution in [0.3, 0.4) is 0 Å². The number of nitrogens with one attached hydrogen (secondary N) is 1. The van der Waals surface area contributed by atoms with E-state index in [-0.39, 0.29) is 11.7 Å². The van der Waals surface area contributed by atoms with Gasteiger partial charge in [0.05, 0.1) is 6.26 Å². The number of fused-ring (bicyclic) bond motifs is 5. The van der Waals surface area contributed by atoms with E-state index in [1.165, 1.54) is 0 Å². The van der Waals surface area contributed by atoms with E-state index in [0.29, 0.717) is 29.9 Å². The molecule has 5 heteroatoms. The molecule has 0 radical (unpaired) electrons. The fourth-order valence-corrected chi connectivity index (χ4v) is 3.49. The van der Waals surface area contributed by atoms with Crippen LogP contribution in [-0.4, -0.2) is 41.5 Å². The molecule has 0 amide bonds. The Labute approximate surface area is 122 Å². The number of aliphatic hydroxyl groups is 1. The van der Waals surface area contributed by atoms with Gasteiger partial charge in [0.15, 0.2) is 0 Å². The Kier molecular flexibility index (Phi) is 2.97. The standard InChI is InChI=1S/C16H17NO4/c18-8-11(9-4-2-1-3-5-9)16(19)20-10-6-12-14-15(21-14)13(7-10)17-12/h1-5,8,10,12-15,17-18H,6-7H2/b11-8+/t10?,12-,13+,14-,15+. The second-order valence-electron chi connectivity index (χ2n) is 5.85. The van der Waals surface area contributed by atoms with Crippen molar-refractivity contribution in [2.45, 2.75) is 43.2 Å². The maximum absolute atomic E-state index is 12.3. The Morgan fingerprint density at radius 1 is 1.24 bits per heavy atom. The summed E-state index contributed by atoms with van der Waals surface area (Å²) in [5.74, 6) is -0.468. The monoisotopic (exact) mass is 287 g/mol. The molecule has 0 saturated carbocycles. The van der Waals surface area contributed by atoms with Gasteiger partial charge in [-0.1, -0.05) is 30.3 Å². The first-order valence-electron chi connectivity index (χ1n) is 7.28. The summed E-state index contributed by atoms with van der Waals surface area (Å²) in [6.07, 6.45) is 2.88. The van der Waals surface area contributed by atoms with Crippen LogP contribution in [0.15, 0.2) is 36.6 Å². The number of rotatable bonds is 3. The van der Waals surface area contributed by atoms with Gasteiger partial charge >= 0.3 is 5.97 Å². The third kappa shape index (κ3) is 2.22. The lowest BCUT2D eigenvalue weighted by Crippen LogP contribution is -2.46. The first kappa shape index (κ1) is 12.9. The predicted octanol–water partition coefficient (Wildman–Crippen LogP) is 1.40. The molecule has 5 nitrogen and oxygen atoms in total. The zero-order valence-corrected chi connectivity index (χ0v) is 11.4. The molecule has 21 heavy (non-hydrogen) atoms. The van der Waals surface area contributed by atoms with Crippen LogP contribution in [0.4, 0.5) is 0 Å². The van der Waals surface area contributed by atoms with E-state index in [1.807, 2.05) is 18.2 Å². The molecule has 5 atom stereocenters. The zero-order valence-electron chi connectivity index (χ0n) is 11.4. The van der Waals surface area contributed by atoms with Crippen LogP contribution in [0.1, 0.15) is 18.4 Å². The highest BCUT2D eigenvalue weighted by molar-refractivity contribution is 6.16. The molecule has 3 fully saturated rings. The molecule has 2 bridgehead atoms. The van der Waals surface area contributed by atoms with Gasteiger partial charge in [0.25, 0.3) is 0 Å². The summed E-state index contributed by atoms with van der Waals surface area (Å²) in [5, 5.41) is 12.8. The van der Waals surface area contributed by atoms with Crippen LogP contribution < -0.4 is 5.32 Å². The van der Waals surface area contributed by atoms with Gasteiger partial charge in [-0.2, -0.15) is 0 Å². The van der Waals surface area contributed by atoms with Crippen LogP contribution >= 0.6 is 0 Å². The highest BCUT2D eigenvalue weighted by Crippen LogP contribution is 2.42. The van der Waals surface area contributed by atoms with Crippen molar-refractivity contribution in [3.63, 3.8) is 0 Å². The number of piperidine rings is 1. The van der Waals surface area contributed by atoms with E-state index in [1.54, 1.807) is 12.1 Å². The minimum Gasteiger partial charge on any atom is -0.515 e. The topological polar surface area (TPSA) is 71.1 Å². The molecule has 3 aliphatic heterocycles. The molecule has 2 N–H and O–H groups in total. The molecule has 3 saturated heterocycles. The van der Waals surface area contributed by atoms with Crippen molar-refractivity contribution in [2.24, 2.45) is 0 Å². The molecule has 3 heterocycles. The number of carbonyl (C=O) groups is 1. The molecule has 1 aromatic rings. The molecular formula is C16H17NO4. The molecule has 4 rings (SSSR count). The van der Waals surface area contributed by atoms with Crippen molar-refractivity contribution in [1.82, 2.24) is 5.32 Å². The van der Waals surface area contributed by atoms with E-state index in [2.05, 4.69) is 5.32 Å². The Balaban J connectivity index is 1.44. The van der Waals surface area contributed by atoms with E-state index in [9.17, 15) is 9.90 Å². The van der Waals surface area contributed by atoms with Gasteiger partial charge in [-0.15, -0.1) is 0 Å². The number of morpholine rings is 1. The molecule has 110 valence electrons. The lowest BCUT2D eigenvalue weighted by molar-refractivity contribution is -0.144. The SMILES string of the molecule is O=C(OC1C[C@@H]2N[C@H](C1)[C@H]1O[C@H]12)/C(=C/O)c1ccccc1. The number of hydrogen-bond donors (Lipinski definition) is 2. The average Bonchev–Trinajstić information content (AvgIpc) is 3.25. The van der Waals surface area contributed by atoms with Crippen LogP contribution in [0.25, 0.3) is 5.57 Å². The lowest BCUT2D eigenvalue weighted by atomic mass is 10.0. The first-order chi connectivity index (χ1) is 10.3. The summed E-state index contributed by atoms with van der Waals surface area (Å²) in [6.45, 7) is 0. The van der Waals surface area contributed by atoms with Crippen molar-refractivity contribution in [3.8, 4) is 0 Å². The Morgan fingerprint density at radius 2 is 1.90 bits per heavy atom. The summed E-state index contributed by atoms with van der Waals surface area (Å²) in [5.41, 5.74) is 0.857. The Morgan fingerprint density at radius 3 is 2.52 bits per heavy atom. The summed E-state index contributed by atoms with van der Waals surface area (Å²) >= 11 is 0. The normalized spacial score (nSPS) is 37.0. The maximum atomic E-state index is 12.3. The third-order valence-corrected chi connectivity index (χ3v) is 4.52. The molecule has 1 unspecified atom stereocenters. The number of esters is 1. The van der Waals surface area contributed by atoms with Crippen molar-refractivity contribution >= 4 is 11.5 Å². The fraction of sp³-hybridized carbons (Fsp3) is 0.438. The van der Waals surface area contributed by atoms with Crippen LogP contribution in [0, 0.1) is 0 Å². The van der Waals surface area contributed by atoms with Crippen molar-refractivity contribution < 1.29 is 19.4 Å². The van der Waals surface area contributed by atoms with Gasteiger partial charge in [-0.05, 0) is 5.56 Å². The zero-order chi connectivity index (χ0) is 14.4. The number of aliphatic hydroxyl groups excluding tert-OH is 1. The van der Waals surface area contributed by atoms with E-state index >= 15 is 0 Å². The molecule has 0 aliphatic carbocycles. The van der Waals surface area contributed by atoms with Crippen LogP contribution in [-0.2, 0) is 14.3 Å². The van der Waals surface area contributed by atoms with Gasteiger partial charge < -0.3 is 19.9 Å².